The van der Waals surface area contributed by atoms with E-state index in [0.717, 1.165) is 41.8 Å². The van der Waals surface area contributed by atoms with Crippen LogP contribution in [-0.2, 0) is 37.4 Å². The lowest BCUT2D eigenvalue weighted by Crippen LogP contribution is -2.32. The van der Waals surface area contributed by atoms with Crippen LogP contribution in [0.5, 0.6) is 11.5 Å². The number of carboxylic acid groups (broad SMARTS) is 1. The zero-order chi connectivity index (χ0) is 36.8. The lowest BCUT2D eigenvalue weighted by atomic mass is 9.85. The highest BCUT2D eigenvalue weighted by molar-refractivity contribution is 6.32. The smallest absolute Gasteiger partial charge is 0.311 e. The molecule has 0 radical (unpaired) electrons. The van der Waals surface area contributed by atoms with Crippen molar-refractivity contribution in [1.82, 2.24) is 10.3 Å². The number of aliphatic hydroxyl groups excluding tert-OH is 1. The SMILES string of the molecule is Cc1c(COc2cc(OCc3cncc(C#N)c3)c(CC[C@@](C)(CO)C(=O)O)cc2Cl)cccc1-c1cccc(-c2ccc3c(c2)CNCC3)c1C. The third kappa shape index (κ3) is 7.98. The molecule has 1 atom stereocenters. The van der Waals surface area contributed by atoms with E-state index in [-0.39, 0.29) is 26.1 Å². The van der Waals surface area contributed by atoms with E-state index in [1.807, 2.05) is 12.1 Å². The first-order chi connectivity index (χ1) is 25.1. The molecular weight excluding hydrogens is 674 g/mol. The first kappa shape index (κ1) is 36.6. The van der Waals surface area contributed by atoms with Gasteiger partial charge in [0.25, 0.3) is 0 Å². The molecule has 3 N–H and O–H groups in total. The summed E-state index contributed by atoms with van der Waals surface area (Å²) < 4.78 is 12.6. The van der Waals surface area contributed by atoms with Crippen molar-refractivity contribution in [2.45, 2.75) is 59.8 Å². The molecule has 0 amide bonds. The van der Waals surface area contributed by atoms with Crippen LogP contribution < -0.4 is 14.8 Å². The van der Waals surface area contributed by atoms with E-state index in [4.69, 9.17) is 21.1 Å². The Labute approximate surface area is 309 Å². The number of fused-ring (bicyclic) bond motifs is 1. The number of nitrogens with one attached hydrogen (secondary N) is 1. The Bertz CT molecular complexity index is 2160. The fourth-order valence-corrected chi connectivity index (χ4v) is 6.89. The highest BCUT2D eigenvalue weighted by atomic mass is 35.5. The molecule has 1 aromatic heterocycles. The molecule has 6 rings (SSSR count). The number of ether oxygens (including phenoxy) is 2. The van der Waals surface area contributed by atoms with Crippen LogP contribution in [0.3, 0.4) is 0 Å². The third-order valence-corrected chi connectivity index (χ3v) is 10.4. The molecule has 8 nitrogen and oxygen atoms in total. The van der Waals surface area contributed by atoms with Crippen molar-refractivity contribution in [2.75, 3.05) is 13.2 Å². The lowest BCUT2D eigenvalue weighted by Gasteiger charge is -2.23. The van der Waals surface area contributed by atoms with Crippen LogP contribution in [0.15, 0.2) is 85.2 Å². The van der Waals surface area contributed by atoms with Crippen molar-refractivity contribution in [3.8, 4) is 39.8 Å². The second-order valence-corrected chi connectivity index (χ2v) is 14.1. The summed E-state index contributed by atoms with van der Waals surface area (Å²) in [7, 11) is 0. The van der Waals surface area contributed by atoms with E-state index in [2.05, 4.69) is 72.7 Å². The van der Waals surface area contributed by atoms with Gasteiger partial charge in [0.15, 0.2) is 0 Å². The zero-order valence-corrected chi connectivity index (χ0v) is 30.4. The van der Waals surface area contributed by atoms with Crippen LogP contribution in [-0.4, -0.2) is 34.3 Å². The summed E-state index contributed by atoms with van der Waals surface area (Å²) in [5.41, 5.74) is 11.3. The number of nitrogens with zero attached hydrogens (tertiary/aromatic N) is 2. The molecule has 0 fully saturated rings. The molecule has 1 aliphatic rings. The average Bonchev–Trinajstić information content (AvgIpc) is 3.16. The molecule has 2 heterocycles. The van der Waals surface area contributed by atoms with Gasteiger partial charge in [0.2, 0.25) is 0 Å². The van der Waals surface area contributed by atoms with Gasteiger partial charge in [0.1, 0.15) is 30.8 Å². The molecule has 266 valence electrons. The number of aromatic nitrogens is 1. The van der Waals surface area contributed by atoms with Gasteiger partial charge in [-0.05, 0) is 120 Å². The molecule has 0 aliphatic carbocycles. The summed E-state index contributed by atoms with van der Waals surface area (Å²) in [4.78, 5) is 16.0. The number of carboxylic acids is 1. The van der Waals surface area contributed by atoms with Gasteiger partial charge in [-0.3, -0.25) is 9.78 Å². The highest BCUT2D eigenvalue weighted by Gasteiger charge is 2.32. The van der Waals surface area contributed by atoms with E-state index in [1.54, 1.807) is 24.4 Å². The Morgan fingerprint density at radius 2 is 1.67 bits per heavy atom. The lowest BCUT2D eigenvalue weighted by molar-refractivity contribution is -0.150. The molecule has 1 aliphatic heterocycles. The number of halogens is 1. The fraction of sp³-hybridized carbons (Fsp3) is 0.279. The van der Waals surface area contributed by atoms with E-state index < -0.39 is 18.0 Å². The van der Waals surface area contributed by atoms with Gasteiger partial charge >= 0.3 is 5.97 Å². The number of benzene rings is 4. The minimum atomic E-state index is -1.33. The summed E-state index contributed by atoms with van der Waals surface area (Å²) >= 11 is 6.78. The number of hydrogen-bond donors (Lipinski definition) is 3. The Morgan fingerprint density at radius 1 is 0.923 bits per heavy atom. The molecular formula is C43H42ClN3O5. The second kappa shape index (κ2) is 16.0. The van der Waals surface area contributed by atoms with Crippen molar-refractivity contribution in [3.05, 3.63) is 135 Å². The van der Waals surface area contributed by atoms with Gasteiger partial charge in [0.05, 0.1) is 22.6 Å². The van der Waals surface area contributed by atoms with Gasteiger partial charge in [-0.2, -0.15) is 5.26 Å². The van der Waals surface area contributed by atoms with Crippen molar-refractivity contribution < 1.29 is 24.5 Å². The van der Waals surface area contributed by atoms with Gasteiger partial charge in [0, 0.05) is 30.6 Å². The molecule has 0 unspecified atom stereocenters. The minimum Gasteiger partial charge on any atom is -0.488 e. The maximum absolute atomic E-state index is 11.9. The number of aliphatic hydroxyl groups is 1. The number of aryl methyl sites for hydroxylation is 1. The number of pyridine rings is 1. The van der Waals surface area contributed by atoms with Crippen molar-refractivity contribution in [2.24, 2.45) is 5.41 Å². The fourth-order valence-electron chi connectivity index (χ4n) is 6.64. The Morgan fingerprint density at radius 3 is 2.44 bits per heavy atom. The summed E-state index contributed by atoms with van der Waals surface area (Å²) in [5.74, 6) is -0.209. The number of hydrogen-bond acceptors (Lipinski definition) is 7. The van der Waals surface area contributed by atoms with Crippen LogP contribution in [0.4, 0.5) is 0 Å². The topological polar surface area (TPSA) is 125 Å². The quantitative estimate of drug-likeness (QED) is 0.111. The third-order valence-electron chi connectivity index (χ3n) is 10.1. The molecule has 52 heavy (non-hydrogen) atoms. The van der Waals surface area contributed by atoms with E-state index in [0.29, 0.717) is 33.2 Å². The normalized spacial score (nSPS) is 13.5. The van der Waals surface area contributed by atoms with Crippen LogP contribution >= 0.6 is 11.6 Å². The predicted molar refractivity (Wildman–Crippen MR) is 202 cm³/mol. The maximum Gasteiger partial charge on any atom is 0.311 e. The van der Waals surface area contributed by atoms with Crippen molar-refractivity contribution in [1.29, 1.82) is 5.26 Å². The molecule has 0 spiro atoms. The number of nitriles is 1. The molecule has 0 saturated carbocycles. The van der Waals surface area contributed by atoms with Crippen LogP contribution in [0.25, 0.3) is 22.3 Å². The summed E-state index contributed by atoms with van der Waals surface area (Å²) in [6.45, 7) is 7.57. The van der Waals surface area contributed by atoms with E-state index >= 15 is 0 Å². The van der Waals surface area contributed by atoms with E-state index in [9.17, 15) is 20.3 Å². The molecule has 9 heteroatoms. The van der Waals surface area contributed by atoms with Gasteiger partial charge in [-0.15, -0.1) is 0 Å². The van der Waals surface area contributed by atoms with Crippen LogP contribution in [0.1, 0.15) is 57.9 Å². The predicted octanol–water partition coefficient (Wildman–Crippen LogP) is 8.38. The molecule has 4 aromatic carbocycles. The van der Waals surface area contributed by atoms with Gasteiger partial charge < -0.3 is 25.0 Å². The van der Waals surface area contributed by atoms with E-state index in [1.165, 1.54) is 40.9 Å². The number of carbonyl (C=O) groups is 1. The summed E-state index contributed by atoms with van der Waals surface area (Å²) in [6.07, 6.45) is 4.61. The number of rotatable bonds is 13. The second-order valence-electron chi connectivity index (χ2n) is 13.7. The van der Waals surface area contributed by atoms with Crippen molar-refractivity contribution >= 4 is 17.6 Å². The molecule has 0 bridgehead atoms. The van der Waals surface area contributed by atoms with Gasteiger partial charge in [-0.1, -0.05) is 60.1 Å². The summed E-state index contributed by atoms with van der Waals surface area (Å²) in [6, 6.07) is 26.7. The molecule has 0 saturated heterocycles. The minimum absolute atomic E-state index is 0.120. The first-order valence-corrected chi connectivity index (χ1v) is 17.8. The Hall–Kier alpha value is -5.20. The first-order valence-electron chi connectivity index (χ1n) is 17.4. The zero-order valence-electron chi connectivity index (χ0n) is 29.6. The largest absolute Gasteiger partial charge is 0.488 e. The van der Waals surface area contributed by atoms with Crippen molar-refractivity contribution in [3.63, 3.8) is 0 Å². The standard InChI is InChI=1S/C43H42ClN3O5/c1-27-34(6-4-8-37(27)38-9-5-7-36(28(38)2)32-11-10-31-13-15-46-23-35(31)17-32)25-52-41-19-40(51-24-30-16-29(20-45)21-47-22-30)33(18-39(41)44)12-14-43(3,26-48)42(49)50/h4-11,16-19,21-22,46,48H,12-15,23-26H2,1-3H3,(H,49,50)/t43-/m0/s1. The van der Waals surface area contributed by atoms with Crippen LogP contribution in [0, 0.1) is 30.6 Å². The average molecular weight is 716 g/mol. The Balaban J connectivity index is 1.26. The molecule has 5 aromatic rings. The maximum atomic E-state index is 11.9. The highest BCUT2D eigenvalue weighted by Crippen LogP contribution is 2.38. The van der Waals surface area contributed by atoms with Crippen LogP contribution in [0.2, 0.25) is 5.02 Å². The summed E-state index contributed by atoms with van der Waals surface area (Å²) in [5, 5.41) is 32.7. The Kier molecular flexibility index (Phi) is 11.3. The van der Waals surface area contributed by atoms with Gasteiger partial charge in [-0.25, -0.2) is 0 Å². The number of aliphatic carboxylic acids is 1. The monoisotopic (exact) mass is 715 g/mol.